The van der Waals surface area contributed by atoms with Crippen LogP contribution in [0.4, 0.5) is 16.2 Å². The number of rotatable bonds is 1. The number of halogens is 1. The average molecular weight is 326 g/mol. The van der Waals surface area contributed by atoms with Crippen LogP contribution in [-0.2, 0) is 4.74 Å². The molecule has 1 atom stereocenters. The topological polar surface area (TPSA) is 58.8 Å². The summed E-state index contributed by atoms with van der Waals surface area (Å²) in [6.07, 6.45) is -0.271. The number of carbonyl (C=O) groups is 1. The Balaban J connectivity index is 2.09. The second-order valence-electron chi connectivity index (χ2n) is 6.65. The largest absolute Gasteiger partial charge is 0.444 e. The van der Waals surface area contributed by atoms with Gasteiger partial charge in [-0.15, -0.1) is 0 Å². The maximum absolute atomic E-state index is 12.2. The standard InChI is InChI=1S/C16H24ClN3O2/c1-11-10-19(14-12(17)6-5-7-13(14)18)8-9-20(11)15(21)22-16(2,3)4/h5-7,11H,8-10,18H2,1-4H3/t11-/m0/s1. The van der Waals surface area contributed by atoms with E-state index in [1.807, 2.05) is 45.9 Å². The van der Waals surface area contributed by atoms with Gasteiger partial charge in [0, 0.05) is 25.7 Å². The van der Waals surface area contributed by atoms with Crippen LogP contribution in [-0.4, -0.2) is 42.3 Å². The van der Waals surface area contributed by atoms with Crippen molar-refractivity contribution in [3.8, 4) is 0 Å². The number of amides is 1. The number of carbonyl (C=O) groups excluding carboxylic acids is 1. The van der Waals surface area contributed by atoms with Crippen molar-refractivity contribution >= 4 is 29.1 Å². The van der Waals surface area contributed by atoms with Gasteiger partial charge in [0.1, 0.15) is 5.60 Å². The van der Waals surface area contributed by atoms with Gasteiger partial charge >= 0.3 is 6.09 Å². The zero-order valence-electron chi connectivity index (χ0n) is 13.6. The number of nitrogens with zero attached hydrogens (tertiary/aromatic N) is 2. The van der Waals surface area contributed by atoms with Gasteiger partial charge in [-0.3, -0.25) is 0 Å². The number of para-hydroxylation sites is 1. The predicted molar refractivity (Wildman–Crippen MR) is 90.5 cm³/mol. The fourth-order valence-corrected chi connectivity index (χ4v) is 2.92. The van der Waals surface area contributed by atoms with E-state index in [-0.39, 0.29) is 12.1 Å². The summed E-state index contributed by atoms with van der Waals surface area (Å²) in [5, 5.41) is 0.637. The molecule has 122 valence electrons. The first-order chi connectivity index (χ1) is 10.2. The number of nitrogen functional groups attached to an aromatic ring is 1. The van der Waals surface area contributed by atoms with Crippen LogP contribution in [0.5, 0.6) is 0 Å². The van der Waals surface area contributed by atoms with Gasteiger partial charge in [-0.1, -0.05) is 17.7 Å². The molecule has 0 radical (unpaired) electrons. The van der Waals surface area contributed by atoms with Crippen LogP contribution < -0.4 is 10.6 Å². The highest BCUT2D eigenvalue weighted by atomic mass is 35.5. The summed E-state index contributed by atoms with van der Waals surface area (Å²) in [7, 11) is 0. The van der Waals surface area contributed by atoms with Crippen molar-refractivity contribution in [3.63, 3.8) is 0 Å². The van der Waals surface area contributed by atoms with Gasteiger partial charge in [-0.25, -0.2) is 4.79 Å². The van der Waals surface area contributed by atoms with E-state index in [0.717, 1.165) is 5.69 Å². The van der Waals surface area contributed by atoms with Gasteiger partial charge in [0.2, 0.25) is 0 Å². The van der Waals surface area contributed by atoms with Crippen molar-refractivity contribution in [3.05, 3.63) is 23.2 Å². The fraction of sp³-hybridized carbons (Fsp3) is 0.562. The normalized spacial score (nSPS) is 19.2. The molecule has 2 rings (SSSR count). The van der Waals surface area contributed by atoms with Gasteiger partial charge < -0.3 is 20.3 Å². The van der Waals surface area contributed by atoms with E-state index in [1.54, 1.807) is 4.90 Å². The first-order valence-corrected chi connectivity index (χ1v) is 7.85. The SMILES string of the molecule is C[C@H]1CN(c2c(N)cccc2Cl)CCN1C(=O)OC(C)(C)C. The molecule has 2 N–H and O–H groups in total. The van der Waals surface area contributed by atoms with Crippen LogP contribution in [0.3, 0.4) is 0 Å². The van der Waals surface area contributed by atoms with Gasteiger partial charge in [-0.2, -0.15) is 0 Å². The Morgan fingerprint density at radius 1 is 1.36 bits per heavy atom. The summed E-state index contributed by atoms with van der Waals surface area (Å²) in [5.41, 5.74) is 7.06. The lowest BCUT2D eigenvalue weighted by Gasteiger charge is -2.41. The fourth-order valence-electron chi connectivity index (χ4n) is 2.62. The summed E-state index contributed by atoms with van der Waals surface area (Å²) in [5.74, 6) is 0. The van der Waals surface area contributed by atoms with Gasteiger partial charge in [0.25, 0.3) is 0 Å². The molecule has 1 aliphatic heterocycles. The van der Waals surface area contributed by atoms with E-state index in [9.17, 15) is 4.79 Å². The Morgan fingerprint density at radius 2 is 2.05 bits per heavy atom. The minimum atomic E-state index is -0.485. The van der Waals surface area contributed by atoms with Crippen molar-refractivity contribution in [2.45, 2.75) is 39.3 Å². The summed E-state index contributed by atoms with van der Waals surface area (Å²) in [4.78, 5) is 16.1. The lowest BCUT2D eigenvalue weighted by atomic mass is 10.1. The molecule has 5 nitrogen and oxygen atoms in total. The van der Waals surface area contributed by atoms with Crippen LogP contribution in [0.2, 0.25) is 5.02 Å². The molecule has 1 aromatic rings. The number of piperazine rings is 1. The maximum atomic E-state index is 12.2. The lowest BCUT2D eigenvalue weighted by Crippen LogP contribution is -2.55. The second kappa shape index (κ2) is 6.24. The molecule has 0 spiro atoms. The molecular formula is C16H24ClN3O2. The quantitative estimate of drug-likeness (QED) is 0.804. The molecule has 0 aliphatic carbocycles. The number of nitrogens with two attached hydrogens (primary N) is 1. The van der Waals surface area contributed by atoms with Gasteiger partial charge in [0.05, 0.1) is 16.4 Å². The maximum Gasteiger partial charge on any atom is 0.410 e. The van der Waals surface area contributed by atoms with E-state index in [4.69, 9.17) is 22.1 Å². The molecule has 0 bridgehead atoms. The van der Waals surface area contributed by atoms with E-state index in [0.29, 0.717) is 30.3 Å². The molecule has 1 saturated heterocycles. The molecule has 1 fully saturated rings. The van der Waals surface area contributed by atoms with E-state index < -0.39 is 5.60 Å². The number of hydrogen-bond donors (Lipinski definition) is 1. The molecule has 1 aliphatic rings. The lowest BCUT2D eigenvalue weighted by molar-refractivity contribution is 0.0159. The molecule has 0 saturated carbocycles. The van der Waals surface area contributed by atoms with Gasteiger partial charge in [0.15, 0.2) is 0 Å². The number of anilines is 2. The molecule has 1 amide bonds. The monoisotopic (exact) mass is 325 g/mol. The first-order valence-electron chi connectivity index (χ1n) is 7.47. The second-order valence-corrected chi connectivity index (χ2v) is 7.05. The van der Waals surface area contributed by atoms with Crippen molar-refractivity contribution in [1.29, 1.82) is 0 Å². The van der Waals surface area contributed by atoms with Crippen molar-refractivity contribution in [1.82, 2.24) is 4.90 Å². The third-order valence-corrected chi connectivity index (χ3v) is 3.89. The Bertz CT molecular complexity index is 537. The third-order valence-electron chi connectivity index (χ3n) is 3.59. The summed E-state index contributed by atoms with van der Waals surface area (Å²) < 4.78 is 5.45. The smallest absolute Gasteiger partial charge is 0.410 e. The first kappa shape index (κ1) is 16.7. The molecule has 6 heteroatoms. The van der Waals surface area contributed by atoms with Crippen LogP contribution in [0, 0.1) is 0 Å². The van der Waals surface area contributed by atoms with Crippen LogP contribution >= 0.6 is 11.6 Å². The molecule has 0 unspecified atom stereocenters. The summed E-state index contributed by atoms with van der Waals surface area (Å²) in [6, 6.07) is 5.53. The Hall–Kier alpha value is -1.62. The summed E-state index contributed by atoms with van der Waals surface area (Å²) in [6.45, 7) is 9.55. The van der Waals surface area contributed by atoms with Crippen molar-refractivity contribution < 1.29 is 9.53 Å². The minimum absolute atomic E-state index is 0.0271. The third kappa shape index (κ3) is 3.77. The zero-order valence-corrected chi connectivity index (χ0v) is 14.4. The van der Waals surface area contributed by atoms with Crippen LogP contribution in [0.1, 0.15) is 27.7 Å². The molecular weight excluding hydrogens is 302 g/mol. The van der Waals surface area contributed by atoms with E-state index in [1.165, 1.54) is 0 Å². The number of hydrogen-bond acceptors (Lipinski definition) is 4. The van der Waals surface area contributed by atoms with Gasteiger partial charge in [-0.05, 0) is 39.8 Å². The molecule has 0 aromatic heterocycles. The molecule has 22 heavy (non-hydrogen) atoms. The Labute approximate surface area is 137 Å². The van der Waals surface area contributed by atoms with Crippen molar-refractivity contribution in [2.24, 2.45) is 0 Å². The molecule has 1 heterocycles. The number of ether oxygens (including phenoxy) is 1. The summed E-state index contributed by atoms with van der Waals surface area (Å²) >= 11 is 6.27. The van der Waals surface area contributed by atoms with Crippen LogP contribution in [0.25, 0.3) is 0 Å². The van der Waals surface area contributed by atoms with Crippen LogP contribution in [0.15, 0.2) is 18.2 Å². The highest BCUT2D eigenvalue weighted by molar-refractivity contribution is 6.34. The zero-order chi connectivity index (χ0) is 16.5. The minimum Gasteiger partial charge on any atom is -0.444 e. The molecule has 1 aromatic carbocycles. The highest BCUT2D eigenvalue weighted by Crippen LogP contribution is 2.33. The average Bonchev–Trinajstić information content (AvgIpc) is 2.36. The number of benzene rings is 1. The highest BCUT2D eigenvalue weighted by Gasteiger charge is 2.31. The Morgan fingerprint density at radius 3 is 2.59 bits per heavy atom. The Kier molecular flexibility index (Phi) is 4.75. The van der Waals surface area contributed by atoms with E-state index >= 15 is 0 Å². The van der Waals surface area contributed by atoms with Crippen molar-refractivity contribution in [2.75, 3.05) is 30.3 Å². The predicted octanol–water partition coefficient (Wildman–Crippen LogP) is 3.37. The van der Waals surface area contributed by atoms with E-state index in [2.05, 4.69) is 4.90 Å².